The Kier molecular flexibility index (Phi) is 7.19. The van der Waals surface area contributed by atoms with E-state index in [-0.39, 0.29) is 33.7 Å². The van der Waals surface area contributed by atoms with Crippen molar-refractivity contribution in [2.45, 2.75) is 25.6 Å². The molecule has 4 rings (SSSR count). The molecule has 0 saturated heterocycles. The summed E-state index contributed by atoms with van der Waals surface area (Å²) in [6, 6.07) is 17.8. The molecule has 1 heterocycles. The van der Waals surface area contributed by atoms with E-state index in [1.807, 2.05) is 48.5 Å². The molecule has 0 fully saturated rings. The summed E-state index contributed by atoms with van der Waals surface area (Å²) in [4.78, 5) is 39.7. The summed E-state index contributed by atoms with van der Waals surface area (Å²) in [5.41, 5.74) is 3.72. The zero-order chi connectivity index (χ0) is 24.9. The van der Waals surface area contributed by atoms with Gasteiger partial charge >= 0.3 is 0 Å². The minimum Gasteiger partial charge on any atom is -0.355 e. The highest BCUT2D eigenvalue weighted by Gasteiger charge is 2.32. The number of para-hydroxylation sites is 1. The Morgan fingerprint density at radius 1 is 0.971 bits per heavy atom. The van der Waals surface area contributed by atoms with Gasteiger partial charge in [-0.25, -0.2) is 8.78 Å². The van der Waals surface area contributed by atoms with Crippen LogP contribution in [-0.4, -0.2) is 31.3 Å². The summed E-state index contributed by atoms with van der Waals surface area (Å²) in [6.07, 6.45) is -0.183. The van der Waals surface area contributed by atoms with Gasteiger partial charge in [0.15, 0.2) is 0 Å². The molecule has 3 amide bonds. The third-order valence-corrected chi connectivity index (χ3v) is 5.92. The molecule has 1 aliphatic heterocycles. The lowest BCUT2D eigenvalue weighted by atomic mass is 9.95. The minimum absolute atomic E-state index is 0. The Bertz CT molecular complexity index is 1290. The summed E-state index contributed by atoms with van der Waals surface area (Å²) < 4.78 is 26.4. The maximum Gasteiger partial charge on any atom is 0.253 e. The van der Waals surface area contributed by atoms with Gasteiger partial charge in [0.2, 0.25) is 11.8 Å². The number of nitrogens with one attached hydrogen (secondary N) is 2. The van der Waals surface area contributed by atoms with Crippen LogP contribution in [0.2, 0.25) is 0 Å². The first-order chi connectivity index (χ1) is 16.9. The lowest BCUT2D eigenvalue weighted by molar-refractivity contribution is -0.127. The summed E-state index contributed by atoms with van der Waals surface area (Å²) in [6.45, 7) is -0.787. The Labute approximate surface area is 204 Å². The van der Waals surface area contributed by atoms with Gasteiger partial charge in [-0.05, 0) is 40.5 Å². The van der Waals surface area contributed by atoms with E-state index in [9.17, 15) is 23.2 Å². The van der Waals surface area contributed by atoms with E-state index in [2.05, 4.69) is 10.6 Å². The van der Waals surface area contributed by atoms with Crippen molar-refractivity contribution in [1.29, 1.82) is 0 Å². The summed E-state index contributed by atoms with van der Waals surface area (Å²) in [5.74, 6) is -1.69. The predicted octanol–water partition coefficient (Wildman–Crippen LogP) is 4.34. The van der Waals surface area contributed by atoms with Crippen molar-refractivity contribution in [1.82, 2.24) is 10.6 Å². The molecule has 0 aromatic heterocycles. The summed E-state index contributed by atoms with van der Waals surface area (Å²) in [5, 5.41) is 5.41. The number of rotatable bonds is 7. The second-order valence-electron chi connectivity index (χ2n) is 8.38. The molecule has 0 radical (unpaired) electrons. The quantitative estimate of drug-likeness (QED) is 0.527. The van der Waals surface area contributed by atoms with Crippen LogP contribution in [0.3, 0.4) is 0 Å². The standard InChI is InChI=1S/C27H25F2N3O3.2H2/c1-32-23-9-5-4-7-21(23)20-6-2-3-8-22(20)26(27(32)35)31-24(33)10-11-30-25(34)15-17-12-18(16-28)14-19(29)13-17;;/h2-9,12-14,26H,10-11,15-16H2,1H3,(H,30,34)(H,31,33);2*1H. The van der Waals surface area contributed by atoms with E-state index >= 15 is 0 Å². The van der Waals surface area contributed by atoms with Crippen molar-refractivity contribution >= 4 is 23.4 Å². The van der Waals surface area contributed by atoms with Crippen molar-refractivity contribution in [2.24, 2.45) is 0 Å². The van der Waals surface area contributed by atoms with Crippen molar-refractivity contribution in [2.75, 3.05) is 18.5 Å². The predicted molar refractivity (Wildman–Crippen MR) is 133 cm³/mol. The van der Waals surface area contributed by atoms with Gasteiger partial charge in [0.05, 0.1) is 12.1 Å². The summed E-state index contributed by atoms with van der Waals surface area (Å²) in [7, 11) is 1.67. The van der Waals surface area contributed by atoms with E-state index in [1.165, 1.54) is 17.0 Å². The highest BCUT2D eigenvalue weighted by atomic mass is 19.1. The molecule has 0 spiro atoms. The molecular formula is C27H29F2N3O3. The monoisotopic (exact) mass is 481 g/mol. The lowest BCUT2D eigenvalue weighted by Crippen LogP contribution is -2.41. The summed E-state index contributed by atoms with van der Waals surface area (Å²) >= 11 is 0. The molecular weight excluding hydrogens is 452 g/mol. The zero-order valence-electron chi connectivity index (χ0n) is 19.2. The molecule has 6 nitrogen and oxygen atoms in total. The van der Waals surface area contributed by atoms with E-state index in [1.54, 1.807) is 7.05 Å². The molecule has 35 heavy (non-hydrogen) atoms. The second kappa shape index (κ2) is 10.5. The molecule has 2 N–H and O–H groups in total. The third kappa shape index (κ3) is 5.37. The van der Waals surface area contributed by atoms with E-state index < -0.39 is 30.3 Å². The molecule has 0 bridgehead atoms. The Balaban J connectivity index is 0.00000241. The first kappa shape index (κ1) is 24.1. The van der Waals surface area contributed by atoms with Crippen molar-refractivity contribution in [3.05, 3.63) is 89.2 Å². The Morgan fingerprint density at radius 3 is 2.43 bits per heavy atom. The van der Waals surface area contributed by atoms with Crippen LogP contribution in [0, 0.1) is 5.82 Å². The maximum atomic E-state index is 13.5. The second-order valence-corrected chi connectivity index (χ2v) is 8.38. The Morgan fingerprint density at radius 2 is 1.66 bits per heavy atom. The van der Waals surface area contributed by atoms with E-state index in [4.69, 9.17) is 0 Å². The normalized spacial score (nSPS) is 14.5. The van der Waals surface area contributed by atoms with Crippen molar-refractivity contribution in [3.63, 3.8) is 0 Å². The van der Waals surface area contributed by atoms with Gasteiger partial charge in [0, 0.05) is 28.4 Å². The molecule has 1 unspecified atom stereocenters. The van der Waals surface area contributed by atoms with Crippen molar-refractivity contribution < 1.29 is 26.0 Å². The number of alkyl halides is 1. The highest BCUT2D eigenvalue weighted by Crippen LogP contribution is 2.39. The topological polar surface area (TPSA) is 78.5 Å². The molecule has 1 atom stereocenters. The van der Waals surface area contributed by atoms with Crippen LogP contribution in [0.1, 0.15) is 32.0 Å². The van der Waals surface area contributed by atoms with Crippen molar-refractivity contribution in [3.8, 4) is 11.1 Å². The average molecular weight is 482 g/mol. The molecule has 1 aliphatic rings. The van der Waals surface area contributed by atoms with Crippen LogP contribution in [0.25, 0.3) is 11.1 Å². The third-order valence-electron chi connectivity index (χ3n) is 5.92. The molecule has 8 heteroatoms. The first-order valence-corrected chi connectivity index (χ1v) is 11.2. The molecule has 0 saturated carbocycles. The first-order valence-electron chi connectivity index (χ1n) is 11.2. The SMILES string of the molecule is CN1C(=O)C(NC(=O)CCNC(=O)Cc2cc(F)cc(CF)c2)c2ccccc2-c2ccccc21.[HH].[HH]. The van der Waals surface area contributed by atoms with Crippen LogP contribution in [0.4, 0.5) is 14.5 Å². The fourth-order valence-corrected chi connectivity index (χ4v) is 4.27. The number of amides is 3. The fourth-order valence-electron chi connectivity index (χ4n) is 4.27. The molecule has 3 aromatic carbocycles. The van der Waals surface area contributed by atoms with Gasteiger partial charge in [-0.15, -0.1) is 0 Å². The van der Waals surface area contributed by atoms with Gasteiger partial charge < -0.3 is 15.5 Å². The number of carbonyl (C=O) groups is 3. The number of hydrogen-bond acceptors (Lipinski definition) is 3. The Hall–Kier alpha value is -4.07. The van der Waals surface area contributed by atoms with Gasteiger partial charge in [-0.1, -0.05) is 48.5 Å². The minimum atomic E-state index is -0.877. The number of hydrogen-bond donors (Lipinski definition) is 2. The van der Waals surface area contributed by atoms with Gasteiger partial charge in [0.25, 0.3) is 5.91 Å². The zero-order valence-corrected chi connectivity index (χ0v) is 19.2. The number of anilines is 1. The number of benzene rings is 3. The smallest absolute Gasteiger partial charge is 0.253 e. The number of nitrogens with zero attached hydrogens (tertiary/aromatic N) is 1. The largest absolute Gasteiger partial charge is 0.355 e. The van der Waals surface area contributed by atoms with Crippen LogP contribution in [0.15, 0.2) is 66.7 Å². The van der Waals surface area contributed by atoms with Crippen LogP contribution in [0.5, 0.6) is 0 Å². The fraction of sp³-hybridized carbons (Fsp3) is 0.222. The van der Waals surface area contributed by atoms with E-state index in [0.717, 1.165) is 22.9 Å². The van der Waals surface area contributed by atoms with Gasteiger partial charge in [-0.3, -0.25) is 14.4 Å². The molecule has 3 aromatic rings. The van der Waals surface area contributed by atoms with Crippen LogP contribution >= 0.6 is 0 Å². The lowest BCUT2D eigenvalue weighted by Gasteiger charge is -2.23. The van der Waals surface area contributed by atoms with Crippen LogP contribution in [-0.2, 0) is 27.5 Å². The number of carbonyl (C=O) groups excluding carboxylic acids is 3. The van der Waals surface area contributed by atoms with Gasteiger partial charge in [-0.2, -0.15) is 0 Å². The average Bonchev–Trinajstić information content (AvgIpc) is 2.93. The number of halogens is 2. The van der Waals surface area contributed by atoms with E-state index in [0.29, 0.717) is 11.1 Å². The number of fused-ring (bicyclic) bond motifs is 3. The molecule has 0 aliphatic carbocycles. The highest BCUT2D eigenvalue weighted by molar-refractivity contribution is 6.05. The van der Waals surface area contributed by atoms with Crippen LogP contribution < -0.4 is 15.5 Å². The maximum absolute atomic E-state index is 13.5. The molecule has 184 valence electrons. The van der Waals surface area contributed by atoms with Gasteiger partial charge in [0.1, 0.15) is 18.5 Å². The number of likely N-dealkylation sites (N-methyl/N-ethyl adjacent to an activating group) is 1.